The minimum atomic E-state index is -0.712. The van der Waals surface area contributed by atoms with Crippen molar-refractivity contribution < 1.29 is 9.84 Å². The zero-order valence-corrected chi connectivity index (χ0v) is 6.64. The summed E-state index contributed by atoms with van der Waals surface area (Å²) in [5, 5.41) is 9.29. The van der Waals surface area contributed by atoms with Gasteiger partial charge in [-0.15, -0.1) is 0 Å². The molecule has 0 radical (unpaired) electrons. The Kier molecular flexibility index (Phi) is 3.15. The topological polar surface area (TPSA) is 29.5 Å². The fourth-order valence-electron chi connectivity index (χ4n) is 0.454. The third-order valence-corrected chi connectivity index (χ3v) is 1.41. The largest absolute Gasteiger partial charge is 0.388 e. The van der Waals surface area contributed by atoms with Crippen LogP contribution in [-0.2, 0) is 4.74 Å². The Labute approximate surface area is 56.8 Å². The summed E-state index contributed by atoms with van der Waals surface area (Å²) in [4.78, 5) is 0. The number of hydrogen-bond acceptors (Lipinski definition) is 2. The van der Waals surface area contributed by atoms with Gasteiger partial charge in [-0.3, -0.25) is 0 Å². The summed E-state index contributed by atoms with van der Waals surface area (Å²) in [5.74, 6) is 0. The molecule has 9 heavy (non-hydrogen) atoms. The lowest BCUT2D eigenvalue weighted by Gasteiger charge is -2.25. The highest BCUT2D eigenvalue weighted by molar-refractivity contribution is 4.72. The van der Waals surface area contributed by atoms with Gasteiger partial charge >= 0.3 is 0 Å². The molecule has 0 amide bonds. The van der Waals surface area contributed by atoms with Crippen LogP contribution in [0, 0.1) is 0 Å². The molecule has 0 heterocycles. The summed E-state index contributed by atoms with van der Waals surface area (Å²) in [6.45, 7) is 7.93. The molecule has 0 aromatic heterocycles. The molecule has 0 aromatic rings. The summed E-state index contributed by atoms with van der Waals surface area (Å²) < 4.78 is 5.16. The molecule has 0 saturated heterocycles. The van der Waals surface area contributed by atoms with Crippen LogP contribution in [0.25, 0.3) is 0 Å². The number of ether oxygens (including phenoxy) is 1. The minimum absolute atomic E-state index is 0.0810. The Morgan fingerprint density at radius 3 is 2.11 bits per heavy atom. The smallest absolute Gasteiger partial charge is 0.0849 e. The van der Waals surface area contributed by atoms with Crippen LogP contribution < -0.4 is 0 Å². The molecule has 2 heteroatoms. The minimum Gasteiger partial charge on any atom is -0.388 e. The predicted molar refractivity (Wildman–Crippen MR) is 37.4 cm³/mol. The quantitative estimate of drug-likeness (QED) is 0.625. The average molecular weight is 132 g/mol. The van der Waals surface area contributed by atoms with Crippen molar-refractivity contribution in [2.45, 2.75) is 39.4 Å². The van der Waals surface area contributed by atoms with E-state index in [1.165, 1.54) is 0 Å². The summed E-state index contributed by atoms with van der Waals surface area (Å²) in [7, 11) is 0. The average Bonchev–Trinajstić information content (AvgIpc) is 1.64. The maximum atomic E-state index is 9.29. The van der Waals surface area contributed by atoms with Crippen molar-refractivity contribution in [2.24, 2.45) is 0 Å². The van der Waals surface area contributed by atoms with Gasteiger partial charge in [0, 0.05) is 6.61 Å². The van der Waals surface area contributed by atoms with E-state index in [1.807, 2.05) is 13.8 Å². The molecule has 56 valence electrons. The van der Waals surface area contributed by atoms with Crippen LogP contribution in [0.5, 0.6) is 0 Å². The fraction of sp³-hybridized carbons (Fsp3) is 1.00. The molecule has 0 aliphatic rings. The Hall–Kier alpha value is -0.0800. The summed E-state index contributed by atoms with van der Waals surface area (Å²) in [6.07, 6.45) is -0.0810. The first kappa shape index (κ1) is 8.92. The van der Waals surface area contributed by atoms with Crippen molar-refractivity contribution in [3.05, 3.63) is 0 Å². The Balaban J connectivity index is 3.59. The summed E-state index contributed by atoms with van der Waals surface area (Å²) >= 11 is 0. The standard InChI is InChI=1S/C7H16O2/c1-5-9-6(2)7(3,4)8/h6,8H,5H2,1-4H3/t6-/m0/s1. The second-order valence-corrected chi connectivity index (χ2v) is 2.75. The lowest BCUT2D eigenvalue weighted by molar-refractivity contribution is -0.0748. The van der Waals surface area contributed by atoms with Gasteiger partial charge in [-0.1, -0.05) is 0 Å². The second-order valence-electron chi connectivity index (χ2n) is 2.75. The summed E-state index contributed by atoms with van der Waals surface area (Å²) in [5.41, 5.74) is -0.712. The van der Waals surface area contributed by atoms with E-state index in [2.05, 4.69) is 0 Å². The molecular formula is C7H16O2. The number of hydrogen-bond donors (Lipinski definition) is 1. The highest BCUT2D eigenvalue weighted by Crippen LogP contribution is 2.10. The lowest BCUT2D eigenvalue weighted by Crippen LogP contribution is -2.35. The van der Waals surface area contributed by atoms with Crippen LogP contribution >= 0.6 is 0 Å². The van der Waals surface area contributed by atoms with Crippen LogP contribution in [-0.4, -0.2) is 23.4 Å². The lowest BCUT2D eigenvalue weighted by atomic mass is 10.0. The van der Waals surface area contributed by atoms with Gasteiger partial charge in [0.2, 0.25) is 0 Å². The Morgan fingerprint density at radius 1 is 1.56 bits per heavy atom. The van der Waals surface area contributed by atoms with Gasteiger partial charge in [0.1, 0.15) is 0 Å². The predicted octanol–water partition coefficient (Wildman–Crippen LogP) is 1.18. The zero-order chi connectivity index (χ0) is 7.49. The highest BCUT2D eigenvalue weighted by atomic mass is 16.5. The Morgan fingerprint density at radius 2 is 2.00 bits per heavy atom. The van der Waals surface area contributed by atoms with Gasteiger partial charge < -0.3 is 9.84 Å². The van der Waals surface area contributed by atoms with Crippen molar-refractivity contribution in [2.75, 3.05) is 6.61 Å². The van der Waals surface area contributed by atoms with Gasteiger partial charge in [0.15, 0.2) is 0 Å². The van der Waals surface area contributed by atoms with Crippen molar-refractivity contribution in [1.82, 2.24) is 0 Å². The third-order valence-electron chi connectivity index (χ3n) is 1.41. The highest BCUT2D eigenvalue weighted by Gasteiger charge is 2.21. The van der Waals surface area contributed by atoms with Crippen molar-refractivity contribution >= 4 is 0 Å². The molecule has 0 bridgehead atoms. The normalized spacial score (nSPS) is 15.7. The maximum Gasteiger partial charge on any atom is 0.0849 e. The van der Waals surface area contributed by atoms with E-state index >= 15 is 0 Å². The van der Waals surface area contributed by atoms with Gasteiger partial charge in [-0.2, -0.15) is 0 Å². The molecule has 0 spiro atoms. The molecule has 1 N–H and O–H groups in total. The fourth-order valence-corrected chi connectivity index (χ4v) is 0.454. The van der Waals surface area contributed by atoms with E-state index in [-0.39, 0.29) is 6.10 Å². The molecule has 0 unspecified atom stereocenters. The van der Waals surface area contributed by atoms with E-state index in [0.29, 0.717) is 6.61 Å². The van der Waals surface area contributed by atoms with Crippen molar-refractivity contribution in [3.8, 4) is 0 Å². The van der Waals surface area contributed by atoms with E-state index < -0.39 is 5.60 Å². The molecule has 0 fully saturated rings. The van der Waals surface area contributed by atoms with E-state index in [1.54, 1.807) is 13.8 Å². The number of aliphatic hydroxyl groups is 1. The van der Waals surface area contributed by atoms with Gasteiger partial charge in [-0.05, 0) is 27.7 Å². The Bertz CT molecular complexity index is 73.5. The third kappa shape index (κ3) is 3.49. The number of rotatable bonds is 3. The van der Waals surface area contributed by atoms with Crippen molar-refractivity contribution in [3.63, 3.8) is 0 Å². The first-order valence-corrected chi connectivity index (χ1v) is 3.32. The monoisotopic (exact) mass is 132 g/mol. The van der Waals surface area contributed by atoms with Gasteiger partial charge in [0.25, 0.3) is 0 Å². The first-order valence-electron chi connectivity index (χ1n) is 3.32. The maximum absolute atomic E-state index is 9.29. The van der Waals surface area contributed by atoms with Crippen LogP contribution in [0.4, 0.5) is 0 Å². The molecule has 1 atom stereocenters. The van der Waals surface area contributed by atoms with Crippen LogP contribution in [0.1, 0.15) is 27.7 Å². The molecular weight excluding hydrogens is 116 g/mol. The molecule has 2 nitrogen and oxygen atoms in total. The van der Waals surface area contributed by atoms with E-state index in [9.17, 15) is 5.11 Å². The molecule has 0 aromatic carbocycles. The van der Waals surface area contributed by atoms with E-state index in [0.717, 1.165) is 0 Å². The van der Waals surface area contributed by atoms with Gasteiger partial charge in [-0.25, -0.2) is 0 Å². The van der Waals surface area contributed by atoms with Crippen molar-refractivity contribution in [1.29, 1.82) is 0 Å². The SMILES string of the molecule is CCO[C@@H](C)C(C)(C)O. The van der Waals surface area contributed by atoms with Gasteiger partial charge in [0.05, 0.1) is 11.7 Å². The molecule has 0 aliphatic heterocycles. The van der Waals surface area contributed by atoms with Crippen LogP contribution in [0.3, 0.4) is 0 Å². The molecule has 0 rings (SSSR count). The first-order chi connectivity index (χ1) is 3.98. The second kappa shape index (κ2) is 3.18. The van der Waals surface area contributed by atoms with Crippen LogP contribution in [0.15, 0.2) is 0 Å². The molecule has 0 saturated carbocycles. The van der Waals surface area contributed by atoms with E-state index in [4.69, 9.17) is 4.74 Å². The summed E-state index contributed by atoms with van der Waals surface area (Å²) in [6, 6.07) is 0. The zero-order valence-electron chi connectivity index (χ0n) is 6.64. The van der Waals surface area contributed by atoms with Crippen LogP contribution in [0.2, 0.25) is 0 Å². The molecule has 0 aliphatic carbocycles.